The number of aromatic nitrogens is 2. The van der Waals surface area contributed by atoms with Gasteiger partial charge >= 0.3 is 0 Å². The number of aryl methyl sites for hydroxylation is 2. The zero-order chi connectivity index (χ0) is 12.4. The first-order valence-electron chi connectivity index (χ1n) is 5.66. The number of hydrogen-bond donors (Lipinski definition) is 1. The fourth-order valence-corrected chi connectivity index (χ4v) is 2.56. The molecule has 0 aliphatic carbocycles. The summed E-state index contributed by atoms with van der Waals surface area (Å²) < 4.78 is 1.80. The first kappa shape index (κ1) is 12.0. The number of anilines is 1. The summed E-state index contributed by atoms with van der Waals surface area (Å²) >= 11 is 1.72. The van der Waals surface area contributed by atoms with Crippen LogP contribution >= 0.6 is 11.8 Å². The van der Waals surface area contributed by atoms with E-state index >= 15 is 0 Å². The van der Waals surface area contributed by atoms with Crippen molar-refractivity contribution in [2.24, 2.45) is 0 Å². The molecule has 0 saturated heterocycles. The maximum atomic E-state index is 6.10. The van der Waals surface area contributed by atoms with Crippen LogP contribution in [0.25, 0.3) is 5.69 Å². The number of nitrogen functional groups attached to an aromatic ring is 1. The van der Waals surface area contributed by atoms with Gasteiger partial charge in [-0.1, -0.05) is 13.0 Å². The van der Waals surface area contributed by atoms with E-state index in [1.165, 1.54) is 11.1 Å². The maximum Gasteiger partial charge on any atom is 0.140 e. The SMILES string of the molecule is CCSc1cnn(-c2cc(C)cc(C)c2)c1N. The Labute approximate surface area is 106 Å². The van der Waals surface area contributed by atoms with Crippen LogP contribution in [-0.4, -0.2) is 15.5 Å². The van der Waals surface area contributed by atoms with Crippen LogP contribution in [0, 0.1) is 13.8 Å². The Bertz CT molecular complexity index is 511. The van der Waals surface area contributed by atoms with E-state index in [9.17, 15) is 0 Å². The van der Waals surface area contributed by atoms with Crippen LogP contribution in [0.1, 0.15) is 18.1 Å². The molecule has 0 spiro atoms. The van der Waals surface area contributed by atoms with Crippen molar-refractivity contribution in [1.29, 1.82) is 0 Å². The van der Waals surface area contributed by atoms with Gasteiger partial charge in [-0.25, -0.2) is 4.68 Å². The smallest absolute Gasteiger partial charge is 0.140 e. The van der Waals surface area contributed by atoms with Gasteiger partial charge in [-0.2, -0.15) is 5.10 Å². The third-order valence-electron chi connectivity index (χ3n) is 2.52. The Hall–Kier alpha value is -1.42. The lowest BCUT2D eigenvalue weighted by molar-refractivity contribution is 0.888. The second-order valence-corrected chi connectivity index (χ2v) is 5.39. The van der Waals surface area contributed by atoms with Crippen LogP contribution in [0.5, 0.6) is 0 Å². The van der Waals surface area contributed by atoms with Crippen LogP contribution in [0.15, 0.2) is 29.3 Å². The zero-order valence-corrected chi connectivity index (χ0v) is 11.2. The third-order valence-corrected chi connectivity index (χ3v) is 3.44. The summed E-state index contributed by atoms with van der Waals surface area (Å²) in [6.07, 6.45) is 1.83. The molecular weight excluding hydrogens is 230 g/mol. The number of benzene rings is 1. The van der Waals surface area contributed by atoms with Gasteiger partial charge < -0.3 is 5.73 Å². The average molecular weight is 247 g/mol. The molecule has 0 unspecified atom stereocenters. The predicted molar refractivity (Wildman–Crippen MR) is 73.8 cm³/mol. The monoisotopic (exact) mass is 247 g/mol. The molecule has 2 N–H and O–H groups in total. The molecule has 17 heavy (non-hydrogen) atoms. The van der Waals surface area contributed by atoms with E-state index in [0.29, 0.717) is 0 Å². The van der Waals surface area contributed by atoms with E-state index in [2.05, 4.69) is 44.1 Å². The molecule has 0 aliphatic heterocycles. The largest absolute Gasteiger partial charge is 0.383 e. The van der Waals surface area contributed by atoms with Gasteiger partial charge in [-0.05, 0) is 42.9 Å². The molecular formula is C13H17N3S. The minimum Gasteiger partial charge on any atom is -0.383 e. The van der Waals surface area contributed by atoms with Crippen LogP contribution in [0.2, 0.25) is 0 Å². The van der Waals surface area contributed by atoms with Crippen LogP contribution < -0.4 is 5.73 Å². The molecule has 0 aliphatic rings. The summed E-state index contributed by atoms with van der Waals surface area (Å²) in [6.45, 7) is 6.27. The number of thioether (sulfide) groups is 1. The topological polar surface area (TPSA) is 43.8 Å². The summed E-state index contributed by atoms with van der Waals surface area (Å²) in [4.78, 5) is 1.05. The minimum atomic E-state index is 0.724. The van der Waals surface area contributed by atoms with Crippen LogP contribution in [-0.2, 0) is 0 Å². The molecule has 4 heteroatoms. The Morgan fingerprint density at radius 2 is 1.88 bits per heavy atom. The lowest BCUT2D eigenvalue weighted by Gasteiger charge is -2.07. The van der Waals surface area contributed by atoms with Gasteiger partial charge in [-0.3, -0.25) is 0 Å². The molecule has 0 amide bonds. The van der Waals surface area contributed by atoms with Crippen molar-refractivity contribution < 1.29 is 0 Å². The van der Waals surface area contributed by atoms with Gasteiger partial charge in [0.2, 0.25) is 0 Å². The molecule has 2 rings (SSSR count). The van der Waals surface area contributed by atoms with Gasteiger partial charge in [0, 0.05) is 0 Å². The lowest BCUT2D eigenvalue weighted by atomic mass is 10.1. The highest BCUT2D eigenvalue weighted by Crippen LogP contribution is 2.27. The van der Waals surface area contributed by atoms with Crippen molar-refractivity contribution in [3.63, 3.8) is 0 Å². The van der Waals surface area contributed by atoms with Gasteiger partial charge in [0.05, 0.1) is 16.8 Å². The molecule has 0 fully saturated rings. The van der Waals surface area contributed by atoms with Crippen molar-refractivity contribution in [3.05, 3.63) is 35.5 Å². The summed E-state index contributed by atoms with van der Waals surface area (Å²) in [7, 11) is 0. The fraction of sp³-hybridized carbons (Fsp3) is 0.308. The van der Waals surface area contributed by atoms with Gasteiger partial charge in [0.15, 0.2) is 0 Å². The van der Waals surface area contributed by atoms with Crippen molar-refractivity contribution in [3.8, 4) is 5.69 Å². The van der Waals surface area contributed by atoms with E-state index in [0.717, 1.165) is 22.2 Å². The van der Waals surface area contributed by atoms with Crippen molar-refractivity contribution in [1.82, 2.24) is 9.78 Å². The fourth-order valence-electron chi connectivity index (χ4n) is 1.89. The van der Waals surface area contributed by atoms with E-state index in [1.807, 2.05) is 6.20 Å². The minimum absolute atomic E-state index is 0.724. The van der Waals surface area contributed by atoms with Gasteiger partial charge in [0.1, 0.15) is 5.82 Å². The van der Waals surface area contributed by atoms with Crippen molar-refractivity contribution in [2.75, 3.05) is 11.5 Å². The molecule has 0 saturated carbocycles. The Kier molecular flexibility index (Phi) is 3.43. The standard InChI is InChI=1S/C13H17N3S/c1-4-17-12-8-15-16(13(12)14)11-6-9(2)5-10(3)7-11/h5-8H,4,14H2,1-3H3. The number of rotatable bonds is 3. The molecule has 90 valence electrons. The molecule has 0 atom stereocenters. The summed E-state index contributed by atoms with van der Waals surface area (Å²) in [5.74, 6) is 1.73. The predicted octanol–water partition coefficient (Wildman–Crippen LogP) is 3.18. The number of hydrogen-bond acceptors (Lipinski definition) is 3. The number of nitrogens with zero attached hydrogens (tertiary/aromatic N) is 2. The molecule has 3 nitrogen and oxygen atoms in total. The van der Waals surface area contributed by atoms with Crippen LogP contribution in [0.3, 0.4) is 0 Å². The summed E-state index contributed by atoms with van der Waals surface area (Å²) in [5.41, 5.74) is 9.58. The van der Waals surface area contributed by atoms with E-state index in [-0.39, 0.29) is 0 Å². The van der Waals surface area contributed by atoms with Gasteiger partial charge in [0.25, 0.3) is 0 Å². The first-order valence-corrected chi connectivity index (χ1v) is 6.65. The molecule has 1 aromatic carbocycles. The van der Waals surface area contributed by atoms with E-state index in [1.54, 1.807) is 16.4 Å². The molecule has 0 bridgehead atoms. The normalized spacial score (nSPS) is 10.8. The summed E-state index contributed by atoms with van der Waals surface area (Å²) in [6, 6.07) is 6.33. The summed E-state index contributed by atoms with van der Waals surface area (Å²) in [5, 5.41) is 4.36. The Morgan fingerprint density at radius 3 is 2.47 bits per heavy atom. The average Bonchev–Trinajstić information content (AvgIpc) is 2.60. The Balaban J connectivity index is 2.45. The zero-order valence-electron chi connectivity index (χ0n) is 10.4. The van der Waals surface area contributed by atoms with Crippen LogP contribution in [0.4, 0.5) is 5.82 Å². The second-order valence-electron chi connectivity index (χ2n) is 4.08. The number of nitrogens with two attached hydrogens (primary N) is 1. The highest BCUT2D eigenvalue weighted by molar-refractivity contribution is 7.99. The van der Waals surface area contributed by atoms with E-state index < -0.39 is 0 Å². The molecule has 1 aromatic heterocycles. The van der Waals surface area contributed by atoms with Crippen molar-refractivity contribution in [2.45, 2.75) is 25.7 Å². The second kappa shape index (κ2) is 4.84. The quantitative estimate of drug-likeness (QED) is 0.847. The van der Waals surface area contributed by atoms with E-state index in [4.69, 9.17) is 5.73 Å². The molecule has 0 radical (unpaired) electrons. The first-order chi connectivity index (χ1) is 8.11. The Morgan fingerprint density at radius 1 is 1.24 bits per heavy atom. The molecule has 1 heterocycles. The van der Waals surface area contributed by atoms with Crippen molar-refractivity contribution >= 4 is 17.6 Å². The highest BCUT2D eigenvalue weighted by Gasteiger charge is 2.09. The third kappa shape index (κ3) is 2.47. The molecule has 2 aromatic rings. The maximum absolute atomic E-state index is 6.10. The van der Waals surface area contributed by atoms with Gasteiger partial charge in [-0.15, -0.1) is 11.8 Å². The lowest BCUT2D eigenvalue weighted by Crippen LogP contribution is -2.02. The highest BCUT2D eigenvalue weighted by atomic mass is 32.2.